The molecule has 1 nitrogen and oxygen atoms in total. The molecule has 0 aliphatic heterocycles. The minimum absolute atomic E-state index is 0.182. The Bertz CT molecular complexity index is 367. The van der Waals surface area contributed by atoms with Gasteiger partial charge in [0.1, 0.15) is 0 Å². The van der Waals surface area contributed by atoms with Crippen LogP contribution in [-0.4, -0.2) is 5.88 Å². The highest BCUT2D eigenvalue weighted by atomic mass is 35.5. The molecular formula is C13H14ClN. The number of hydrogen-bond donors (Lipinski definition) is 0. The molecule has 0 heterocycles. The van der Waals surface area contributed by atoms with E-state index in [1.807, 2.05) is 12.1 Å². The predicted octanol–water partition coefficient (Wildman–Crippen LogP) is 3.31. The summed E-state index contributed by atoms with van der Waals surface area (Å²) < 4.78 is 0. The second-order valence-corrected chi connectivity index (χ2v) is 4.68. The number of fused-ring (bicyclic) bond motifs is 1. The average Bonchev–Trinajstić information content (AvgIpc) is 2.65. The Hall–Kier alpha value is -1.00. The van der Waals surface area contributed by atoms with Gasteiger partial charge < -0.3 is 0 Å². The Morgan fingerprint density at radius 2 is 1.87 bits per heavy atom. The lowest BCUT2D eigenvalue weighted by molar-refractivity contribution is 0.382. The second kappa shape index (κ2) is 4.24. The molecule has 0 fully saturated rings. The third-order valence-electron chi connectivity index (χ3n) is 3.20. The van der Waals surface area contributed by atoms with Gasteiger partial charge in [0.25, 0.3) is 0 Å². The molecule has 0 amide bonds. The number of nitriles is 1. The van der Waals surface area contributed by atoms with E-state index in [-0.39, 0.29) is 5.41 Å². The van der Waals surface area contributed by atoms with Crippen LogP contribution in [0.3, 0.4) is 0 Å². The number of nitrogens with zero attached hydrogens (tertiary/aromatic N) is 1. The van der Waals surface area contributed by atoms with E-state index in [1.54, 1.807) is 0 Å². The minimum Gasteiger partial charge on any atom is -0.198 e. The highest BCUT2D eigenvalue weighted by Gasteiger charge is 2.36. The Kier molecular flexibility index (Phi) is 2.98. The van der Waals surface area contributed by atoms with Crippen molar-refractivity contribution in [1.82, 2.24) is 0 Å². The lowest BCUT2D eigenvalue weighted by Gasteiger charge is -2.19. The smallest absolute Gasteiger partial charge is 0.0696 e. The summed E-state index contributed by atoms with van der Waals surface area (Å²) in [6.07, 6.45) is 3.65. The summed E-state index contributed by atoms with van der Waals surface area (Å²) in [5, 5.41) is 9.32. The molecule has 78 valence electrons. The van der Waals surface area contributed by atoms with Crippen LogP contribution < -0.4 is 0 Å². The van der Waals surface area contributed by atoms with E-state index in [0.29, 0.717) is 5.88 Å². The van der Waals surface area contributed by atoms with E-state index in [0.717, 1.165) is 25.7 Å². The van der Waals surface area contributed by atoms with Gasteiger partial charge in [-0.25, -0.2) is 0 Å². The van der Waals surface area contributed by atoms with Crippen molar-refractivity contribution >= 4 is 11.6 Å². The first-order valence-electron chi connectivity index (χ1n) is 5.34. The molecule has 0 atom stereocenters. The zero-order valence-corrected chi connectivity index (χ0v) is 9.43. The van der Waals surface area contributed by atoms with Crippen molar-refractivity contribution in [1.29, 1.82) is 5.26 Å². The summed E-state index contributed by atoms with van der Waals surface area (Å²) in [5.41, 5.74) is 2.50. The van der Waals surface area contributed by atoms with Crippen molar-refractivity contribution in [2.75, 3.05) is 5.88 Å². The standard InChI is InChI=1S/C13H14ClN/c14-7-3-6-13(10-15)8-11-4-1-2-5-12(11)9-13/h1-2,4-5H,3,6-9H2. The summed E-state index contributed by atoms with van der Waals surface area (Å²) in [6.45, 7) is 0. The quantitative estimate of drug-likeness (QED) is 0.716. The third-order valence-corrected chi connectivity index (χ3v) is 3.47. The predicted molar refractivity (Wildman–Crippen MR) is 61.9 cm³/mol. The first-order chi connectivity index (χ1) is 7.29. The van der Waals surface area contributed by atoms with Crippen molar-refractivity contribution in [2.45, 2.75) is 25.7 Å². The molecule has 2 rings (SSSR count). The van der Waals surface area contributed by atoms with Crippen LogP contribution in [0, 0.1) is 16.7 Å². The molecular weight excluding hydrogens is 206 g/mol. The highest BCUT2D eigenvalue weighted by Crippen LogP contribution is 2.39. The summed E-state index contributed by atoms with van der Waals surface area (Å²) in [5.74, 6) is 0.653. The van der Waals surface area contributed by atoms with Gasteiger partial charge in [-0.3, -0.25) is 0 Å². The van der Waals surface area contributed by atoms with E-state index in [9.17, 15) is 5.26 Å². The van der Waals surface area contributed by atoms with Gasteiger partial charge >= 0.3 is 0 Å². The maximum atomic E-state index is 9.32. The molecule has 1 aliphatic rings. The van der Waals surface area contributed by atoms with E-state index in [2.05, 4.69) is 18.2 Å². The fourth-order valence-corrected chi connectivity index (χ4v) is 2.54. The molecule has 0 aromatic heterocycles. The number of benzene rings is 1. The van der Waals surface area contributed by atoms with Crippen molar-refractivity contribution in [3.05, 3.63) is 35.4 Å². The number of hydrogen-bond acceptors (Lipinski definition) is 1. The summed E-state index contributed by atoms with van der Waals surface area (Å²) in [7, 11) is 0. The topological polar surface area (TPSA) is 23.8 Å². The normalized spacial score (nSPS) is 17.1. The fraction of sp³-hybridized carbons (Fsp3) is 0.462. The summed E-state index contributed by atoms with van der Waals surface area (Å²) >= 11 is 5.70. The molecule has 0 unspecified atom stereocenters. The molecule has 0 bridgehead atoms. The second-order valence-electron chi connectivity index (χ2n) is 4.31. The first kappa shape index (κ1) is 10.5. The average molecular weight is 220 g/mol. The lowest BCUT2D eigenvalue weighted by Crippen LogP contribution is -2.18. The molecule has 1 aromatic rings. The number of rotatable bonds is 3. The van der Waals surface area contributed by atoms with Crippen LogP contribution in [0.2, 0.25) is 0 Å². The van der Waals surface area contributed by atoms with Crippen LogP contribution in [-0.2, 0) is 12.8 Å². The molecule has 2 heteroatoms. The van der Waals surface area contributed by atoms with Gasteiger partial charge in [0.2, 0.25) is 0 Å². The van der Waals surface area contributed by atoms with E-state index in [4.69, 9.17) is 11.6 Å². The molecule has 0 N–H and O–H groups in total. The first-order valence-corrected chi connectivity index (χ1v) is 5.87. The Labute approximate surface area is 95.7 Å². The maximum absolute atomic E-state index is 9.32. The number of alkyl halides is 1. The van der Waals surface area contributed by atoms with Gasteiger partial charge in [-0.1, -0.05) is 24.3 Å². The molecule has 0 saturated heterocycles. The van der Waals surface area contributed by atoms with Crippen molar-refractivity contribution in [3.8, 4) is 6.07 Å². The molecule has 15 heavy (non-hydrogen) atoms. The zero-order chi connectivity index (χ0) is 10.7. The Morgan fingerprint density at radius 3 is 2.33 bits per heavy atom. The van der Waals surface area contributed by atoms with Crippen LogP contribution in [0.1, 0.15) is 24.0 Å². The van der Waals surface area contributed by atoms with Crippen molar-refractivity contribution in [2.24, 2.45) is 5.41 Å². The van der Waals surface area contributed by atoms with Crippen molar-refractivity contribution < 1.29 is 0 Å². The third kappa shape index (κ3) is 2.01. The molecule has 0 spiro atoms. The van der Waals surface area contributed by atoms with Gasteiger partial charge in [-0.2, -0.15) is 5.26 Å². The highest BCUT2D eigenvalue weighted by molar-refractivity contribution is 6.17. The maximum Gasteiger partial charge on any atom is 0.0696 e. The monoisotopic (exact) mass is 219 g/mol. The van der Waals surface area contributed by atoms with Gasteiger partial charge in [0, 0.05) is 5.88 Å². The van der Waals surface area contributed by atoms with Gasteiger partial charge in [0.15, 0.2) is 0 Å². The lowest BCUT2D eigenvalue weighted by atomic mass is 9.82. The van der Waals surface area contributed by atoms with E-state index >= 15 is 0 Å². The number of halogens is 1. The van der Waals surface area contributed by atoms with E-state index in [1.165, 1.54) is 11.1 Å². The van der Waals surface area contributed by atoms with Gasteiger partial charge in [-0.05, 0) is 36.8 Å². The van der Waals surface area contributed by atoms with E-state index < -0.39 is 0 Å². The molecule has 0 saturated carbocycles. The van der Waals surface area contributed by atoms with Crippen LogP contribution >= 0.6 is 11.6 Å². The summed E-state index contributed by atoms with van der Waals surface area (Å²) in [4.78, 5) is 0. The SMILES string of the molecule is N#CC1(CCCCl)Cc2ccccc2C1. The fourth-order valence-electron chi connectivity index (χ4n) is 2.41. The van der Waals surface area contributed by atoms with Crippen molar-refractivity contribution in [3.63, 3.8) is 0 Å². The van der Waals surface area contributed by atoms with Crippen LogP contribution in [0.15, 0.2) is 24.3 Å². The van der Waals surface area contributed by atoms with Crippen LogP contribution in [0.5, 0.6) is 0 Å². The minimum atomic E-state index is -0.182. The van der Waals surface area contributed by atoms with Crippen LogP contribution in [0.4, 0.5) is 0 Å². The molecule has 1 aromatic carbocycles. The van der Waals surface area contributed by atoms with Gasteiger partial charge in [-0.15, -0.1) is 11.6 Å². The summed E-state index contributed by atoms with van der Waals surface area (Å²) in [6, 6.07) is 10.9. The largest absolute Gasteiger partial charge is 0.198 e. The Morgan fingerprint density at radius 1 is 1.27 bits per heavy atom. The van der Waals surface area contributed by atoms with Gasteiger partial charge in [0.05, 0.1) is 11.5 Å². The molecule has 0 radical (unpaired) electrons. The Balaban J connectivity index is 2.19. The van der Waals surface area contributed by atoms with Crippen LogP contribution in [0.25, 0.3) is 0 Å². The molecule has 1 aliphatic carbocycles. The zero-order valence-electron chi connectivity index (χ0n) is 8.67.